The van der Waals surface area contributed by atoms with Crippen LogP contribution in [-0.2, 0) is 43.7 Å². The van der Waals surface area contributed by atoms with E-state index in [1.165, 1.54) is 38.5 Å². The van der Waals surface area contributed by atoms with Gasteiger partial charge in [-0.2, -0.15) is 8.42 Å². The minimum Gasteiger partial charge on any atom is -0.481 e. The van der Waals surface area contributed by atoms with Gasteiger partial charge in [0.15, 0.2) is 5.78 Å². The summed E-state index contributed by atoms with van der Waals surface area (Å²) in [5.74, 6) is -6.35. The maximum absolute atomic E-state index is 12.4. The normalized spacial score (nSPS) is 12.4. The molecule has 0 rings (SSSR count). The third-order valence-electron chi connectivity index (χ3n) is 8.95. The molecule has 0 fully saturated rings. The van der Waals surface area contributed by atoms with Crippen LogP contribution in [0.2, 0.25) is 0 Å². The number of amides is 3. The molecule has 0 aromatic rings. The van der Waals surface area contributed by atoms with Crippen LogP contribution < -0.4 is 16.0 Å². The summed E-state index contributed by atoms with van der Waals surface area (Å²) in [6.07, 6.45) is 17.3. The molecule has 0 aromatic carbocycles. The SMILES string of the molecule is C.CCC(=O)NCCCCC(NC(=O)CC)C(=O)O.CCC(CC(=O)C(CS(=O)(=O)O)NC(=O)CCCCCCCCCCCCCCCCC(=O)O)C(=O)O. The second-order valence-electron chi connectivity index (χ2n) is 13.8. The molecule has 0 aliphatic heterocycles. The van der Waals surface area contributed by atoms with Crippen LogP contribution >= 0.6 is 0 Å². The van der Waals surface area contributed by atoms with E-state index >= 15 is 0 Å². The van der Waals surface area contributed by atoms with Gasteiger partial charge in [0.05, 0.1) is 5.92 Å². The molecule has 3 atom stereocenters. The van der Waals surface area contributed by atoms with Crippen LogP contribution in [0.5, 0.6) is 0 Å². The van der Waals surface area contributed by atoms with Crippen LogP contribution in [0.1, 0.15) is 176 Å². The summed E-state index contributed by atoms with van der Waals surface area (Å²) in [5.41, 5.74) is 0. The Morgan fingerprint density at radius 3 is 1.39 bits per heavy atom. The number of unbranched alkanes of at least 4 members (excludes halogenated alkanes) is 14. The summed E-state index contributed by atoms with van der Waals surface area (Å²) in [6.45, 7) is 5.59. The van der Waals surface area contributed by atoms with Gasteiger partial charge < -0.3 is 31.3 Å². The first-order chi connectivity index (χ1) is 26.0. The number of carboxylic acids is 3. The number of Topliss-reactive ketones (excluding diaryl/α,β-unsaturated/α-hetero) is 1. The molecule has 7 N–H and O–H groups in total. The Morgan fingerprint density at radius 1 is 0.554 bits per heavy atom. The van der Waals surface area contributed by atoms with E-state index in [1.807, 2.05) is 0 Å². The van der Waals surface area contributed by atoms with Crippen molar-refractivity contribution in [2.24, 2.45) is 5.92 Å². The highest BCUT2D eigenvalue weighted by Gasteiger charge is 2.29. The van der Waals surface area contributed by atoms with Gasteiger partial charge in [0.1, 0.15) is 17.8 Å². The Labute approximate surface area is 334 Å². The molecule has 0 radical (unpaired) electrons. The van der Waals surface area contributed by atoms with Crippen molar-refractivity contribution >= 4 is 51.5 Å². The lowest BCUT2D eigenvalue weighted by Gasteiger charge is -2.18. The molecule has 0 heterocycles. The summed E-state index contributed by atoms with van der Waals surface area (Å²) < 4.78 is 31.6. The second kappa shape index (κ2) is 35.8. The lowest BCUT2D eigenvalue weighted by Crippen LogP contribution is -2.46. The van der Waals surface area contributed by atoms with Crippen LogP contribution in [0.25, 0.3) is 0 Å². The van der Waals surface area contributed by atoms with Crippen LogP contribution in [-0.4, -0.2) is 94.1 Å². The number of hydrogen-bond acceptors (Lipinski definition) is 9. The van der Waals surface area contributed by atoms with Gasteiger partial charge in [-0.1, -0.05) is 105 Å². The molecule has 0 aliphatic rings. The van der Waals surface area contributed by atoms with Gasteiger partial charge in [0, 0.05) is 38.6 Å². The van der Waals surface area contributed by atoms with Gasteiger partial charge in [-0.15, -0.1) is 0 Å². The van der Waals surface area contributed by atoms with Gasteiger partial charge >= 0.3 is 17.9 Å². The Kier molecular flexibility index (Phi) is 36.3. The zero-order valence-corrected chi connectivity index (χ0v) is 34.1. The van der Waals surface area contributed by atoms with E-state index in [-0.39, 0.29) is 44.9 Å². The van der Waals surface area contributed by atoms with Crippen LogP contribution in [0.3, 0.4) is 0 Å². The highest BCUT2D eigenvalue weighted by Crippen LogP contribution is 2.15. The fraction of sp³-hybridized carbons (Fsp3) is 0.821. The van der Waals surface area contributed by atoms with Crippen molar-refractivity contribution in [3.63, 3.8) is 0 Å². The number of nitrogens with one attached hydrogen (secondary N) is 3. The van der Waals surface area contributed by atoms with Crippen LogP contribution in [0.4, 0.5) is 0 Å². The van der Waals surface area contributed by atoms with E-state index in [1.54, 1.807) is 20.8 Å². The molecular weight excluding hydrogens is 751 g/mol. The average Bonchev–Trinajstić information content (AvgIpc) is 3.11. The van der Waals surface area contributed by atoms with E-state index in [4.69, 9.17) is 19.9 Å². The third kappa shape index (κ3) is 36.1. The van der Waals surface area contributed by atoms with Crippen molar-refractivity contribution in [1.82, 2.24) is 16.0 Å². The monoisotopic (exact) mass is 823 g/mol. The molecule has 17 heteroatoms. The number of carbonyl (C=O) groups excluding carboxylic acids is 4. The smallest absolute Gasteiger partial charge is 0.326 e. The predicted molar refractivity (Wildman–Crippen MR) is 215 cm³/mol. The molecule has 0 aliphatic carbocycles. The van der Waals surface area contributed by atoms with Crippen LogP contribution in [0.15, 0.2) is 0 Å². The molecule has 0 saturated heterocycles. The van der Waals surface area contributed by atoms with E-state index < -0.39 is 69.9 Å². The zero-order chi connectivity index (χ0) is 42.1. The van der Waals surface area contributed by atoms with Gasteiger partial charge in [-0.05, 0) is 38.5 Å². The molecule has 16 nitrogen and oxygen atoms in total. The molecule has 0 bridgehead atoms. The Bertz CT molecular complexity index is 1240. The lowest BCUT2D eigenvalue weighted by molar-refractivity contribution is -0.144. The highest BCUT2D eigenvalue weighted by molar-refractivity contribution is 7.85. The molecule has 0 saturated carbocycles. The minimum atomic E-state index is -4.53. The predicted octanol–water partition coefficient (Wildman–Crippen LogP) is 6.05. The maximum atomic E-state index is 12.4. The van der Waals surface area contributed by atoms with E-state index in [2.05, 4.69) is 16.0 Å². The lowest BCUT2D eigenvalue weighted by atomic mass is 9.97. The van der Waals surface area contributed by atoms with E-state index in [9.17, 15) is 42.0 Å². The van der Waals surface area contributed by atoms with Crippen molar-refractivity contribution in [1.29, 1.82) is 0 Å². The van der Waals surface area contributed by atoms with Crippen molar-refractivity contribution < 1.29 is 61.9 Å². The Hall–Kier alpha value is -3.60. The fourth-order valence-electron chi connectivity index (χ4n) is 5.55. The van der Waals surface area contributed by atoms with Crippen molar-refractivity contribution in [2.75, 3.05) is 12.3 Å². The van der Waals surface area contributed by atoms with Crippen molar-refractivity contribution in [3.05, 3.63) is 0 Å². The topological polar surface area (TPSA) is 271 Å². The number of hydrogen-bond donors (Lipinski definition) is 7. The first-order valence-electron chi connectivity index (χ1n) is 20.0. The number of carboxylic acid groups (broad SMARTS) is 3. The summed E-state index contributed by atoms with van der Waals surface area (Å²) in [4.78, 5) is 79.1. The summed E-state index contributed by atoms with van der Waals surface area (Å²) in [7, 11) is -4.53. The number of carbonyl (C=O) groups is 7. The van der Waals surface area contributed by atoms with E-state index in [0.29, 0.717) is 38.6 Å². The summed E-state index contributed by atoms with van der Waals surface area (Å²) >= 11 is 0. The molecule has 0 aromatic heterocycles. The third-order valence-corrected chi connectivity index (χ3v) is 9.71. The van der Waals surface area contributed by atoms with Gasteiger partial charge in [-0.25, -0.2) is 4.79 Å². The molecule has 328 valence electrons. The summed E-state index contributed by atoms with van der Waals surface area (Å²) in [6, 6.07) is -2.30. The molecule has 3 amide bonds. The maximum Gasteiger partial charge on any atom is 0.326 e. The molecule has 0 spiro atoms. The first kappa shape index (κ1) is 56.7. The minimum absolute atomic E-state index is 0. The Morgan fingerprint density at radius 2 is 1.00 bits per heavy atom. The molecule has 56 heavy (non-hydrogen) atoms. The largest absolute Gasteiger partial charge is 0.481 e. The first-order valence-corrected chi connectivity index (χ1v) is 21.6. The zero-order valence-electron chi connectivity index (χ0n) is 33.3. The second-order valence-corrected chi connectivity index (χ2v) is 15.3. The van der Waals surface area contributed by atoms with E-state index in [0.717, 1.165) is 44.9 Å². The van der Waals surface area contributed by atoms with Crippen LogP contribution in [0, 0.1) is 5.92 Å². The highest BCUT2D eigenvalue weighted by atomic mass is 32.2. The average molecular weight is 824 g/mol. The summed E-state index contributed by atoms with van der Waals surface area (Å²) in [5, 5.41) is 34.1. The molecular formula is C39H73N3O13S. The Balaban J connectivity index is -0.00000124. The quantitative estimate of drug-likeness (QED) is 0.0288. The van der Waals surface area contributed by atoms with Crippen molar-refractivity contribution in [2.45, 2.75) is 188 Å². The van der Waals surface area contributed by atoms with Crippen molar-refractivity contribution in [3.8, 4) is 0 Å². The van der Waals surface area contributed by atoms with Gasteiger partial charge in [0.25, 0.3) is 10.1 Å². The number of ketones is 1. The number of rotatable bonds is 34. The van der Waals surface area contributed by atoms with Gasteiger partial charge in [0.2, 0.25) is 17.7 Å². The fourth-order valence-corrected chi connectivity index (χ4v) is 6.24. The van der Waals surface area contributed by atoms with Gasteiger partial charge in [-0.3, -0.25) is 33.3 Å². The number of aliphatic carboxylic acids is 3. The standard InChI is InChI=1S/C26H47NO9S.C12H22N2O4.CH4/c1-2-21(26(32)33)19-23(28)22(20-37(34,35)36)27-24(29)17-15-13-11-9-7-5-3-4-6-8-10-12-14-16-18-25(30)31;1-3-10(15)13-8-6-5-7-9(12(17)18)14-11(16)4-2;/h21-22H,2-20H2,1H3,(H,27,29)(H,30,31)(H,32,33)(H,34,35,36);9H,3-8H2,1-2H3,(H,13,15)(H,14,16)(H,17,18);1H4. The molecule has 3 unspecified atom stereocenters.